The second kappa shape index (κ2) is 13.0. The van der Waals surface area contributed by atoms with E-state index < -0.39 is 41.4 Å². The number of nitrogens with zero attached hydrogens (tertiary/aromatic N) is 2. The van der Waals surface area contributed by atoms with Gasteiger partial charge in [-0.3, -0.25) is 14.6 Å². The van der Waals surface area contributed by atoms with Gasteiger partial charge in [-0.05, 0) is 85.4 Å². The van der Waals surface area contributed by atoms with Gasteiger partial charge in [0.2, 0.25) is 5.91 Å². The number of halogens is 2. The number of hydrogen-bond acceptors (Lipinski definition) is 6. The Morgan fingerprint density at radius 1 is 0.921 bits per heavy atom. The fourth-order valence-electron chi connectivity index (χ4n) is 3.95. The van der Waals surface area contributed by atoms with Crippen molar-refractivity contribution in [1.82, 2.24) is 9.80 Å². The van der Waals surface area contributed by atoms with E-state index in [0.717, 1.165) is 17.3 Å². The van der Waals surface area contributed by atoms with E-state index in [1.165, 1.54) is 9.80 Å². The van der Waals surface area contributed by atoms with Crippen LogP contribution in [0.1, 0.15) is 67.2 Å². The lowest BCUT2D eigenvalue weighted by atomic mass is 10.2. The maximum Gasteiger partial charge on any atom is 0.411 e. The van der Waals surface area contributed by atoms with Crippen molar-refractivity contribution in [2.24, 2.45) is 0 Å². The first kappa shape index (κ1) is 31.7. The topological polar surface area (TPSA) is 125 Å². The van der Waals surface area contributed by atoms with Gasteiger partial charge in [-0.15, -0.1) is 0 Å². The summed E-state index contributed by atoms with van der Waals surface area (Å²) in [6.45, 7) is 11.7. The zero-order valence-electron chi connectivity index (χ0n) is 22.7. The van der Waals surface area contributed by atoms with Crippen LogP contribution in [0.5, 0.6) is 0 Å². The summed E-state index contributed by atoms with van der Waals surface area (Å²) in [5.74, 6) is -1.21. The molecule has 2 aliphatic heterocycles. The average molecular weight is 619 g/mol. The molecule has 1 aromatic rings. The number of carboxylic acid groups (broad SMARTS) is 1. The summed E-state index contributed by atoms with van der Waals surface area (Å²) in [7, 11) is 0. The van der Waals surface area contributed by atoms with Crippen LogP contribution in [0.2, 0.25) is 5.02 Å². The standard InChI is InChI=1S/C16H20BrClN2O3.C10H17NO4/c1-16(2,3)23-15(22)20-8-4-5-13(20)14(21)19-12-7-6-10(17)9-11(12)18;1-10(2,3)15-9(14)11-6-4-5-7(11)8(12)13/h6-7,9,13H,4-5,8H2,1-3H3,(H,19,21);7H,4-6H2,1-3H3,(H,12,13). The molecule has 2 aliphatic rings. The van der Waals surface area contributed by atoms with Crippen molar-refractivity contribution in [2.45, 2.75) is 90.5 Å². The highest BCUT2D eigenvalue weighted by Gasteiger charge is 2.37. The highest BCUT2D eigenvalue weighted by Crippen LogP contribution is 2.28. The van der Waals surface area contributed by atoms with Crippen molar-refractivity contribution in [3.8, 4) is 0 Å². The molecule has 2 saturated heterocycles. The van der Waals surface area contributed by atoms with Crippen molar-refractivity contribution >= 4 is 57.3 Å². The zero-order chi connectivity index (χ0) is 28.8. The van der Waals surface area contributed by atoms with Crippen molar-refractivity contribution in [1.29, 1.82) is 0 Å². The van der Waals surface area contributed by atoms with Gasteiger partial charge in [0.1, 0.15) is 23.3 Å². The van der Waals surface area contributed by atoms with Crippen LogP contribution >= 0.6 is 27.5 Å². The van der Waals surface area contributed by atoms with Gasteiger partial charge < -0.3 is 19.9 Å². The maximum atomic E-state index is 12.5. The number of rotatable bonds is 3. The Balaban J connectivity index is 0.000000293. The predicted octanol–water partition coefficient (Wildman–Crippen LogP) is 5.91. The minimum atomic E-state index is -0.960. The summed E-state index contributed by atoms with van der Waals surface area (Å²) in [5.41, 5.74) is -0.644. The summed E-state index contributed by atoms with van der Waals surface area (Å²) < 4.78 is 11.3. The minimum Gasteiger partial charge on any atom is -0.480 e. The smallest absolute Gasteiger partial charge is 0.411 e. The molecular weight excluding hydrogens is 582 g/mol. The van der Waals surface area contributed by atoms with Gasteiger partial charge in [0, 0.05) is 17.6 Å². The van der Waals surface area contributed by atoms with E-state index in [0.29, 0.717) is 36.6 Å². The van der Waals surface area contributed by atoms with E-state index in [1.807, 2.05) is 0 Å². The first-order valence-electron chi connectivity index (χ1n) is 12.5. The Kier molecular flexibility index (Phi) is 10.9. The molecule has 0 saturated carbocycles. The number of carboxylic acids is 1. The molecule has 0 spiro atoms. The second-order valence-corrected chi connectivity index (χ2v) is 12.4. The first-order chi connectivity index (χ1) is 17.5. The van der Waals surface area contributed by atoms with Crippen LogP contribution in [0, 0.1) is 0 Å². The number of hydrogen-bond donors (Lipinski definition) is 2. The van der Waals surface area contributed by atoms with Gasteiger partial charge in [0.25, 0.3) is 0 Å². The number of benzene rings is 1. The van der Waals surface area contributed by atoms with Crippen LogP contribution < -0.4 is 5.32 Å². The maximum absolute atomic E-state index is 12.5. The quantitative estimate of drug-likeness (QED) is 0.431. The number of likely N-dealkylation sites (tertiary alicyclic amines) is 2. The Morgan fingerprint density at radius 2 is 1.39 bits per heavy atom. The molecule has 0 aromatic heterocycles. The van der Waals surface area contributed by atoms with E-state index in [9.17, 15) is 19.2 Å². The van der Waals surface area contributed by atoms with Crippen molar-refractivity contribution in [2.75, 3.05) is 18.4 Å². The highest BCUT2D eigenvalue weighted by molar-refractivity contribution is 9.10. The zero-order valence-corrected chi connectivity index (χ0v) is 25.0. The molecule has 2 atom stereocenters. The molecule has 2 fully saturated rings. The van der Waals surface area contributed by atoms with E-state index in [1.54, 1.807) is 59.7 Å². The number of aliphatic carboxylic acids is 1. The van der Waals surface area contributed by atoms with E-state index in [2.05, 4.69) is 21.2 Å². The van der Waals surface area contributed by atoms with E-state index in [-0.39, 0.29) is 5.91 Å². The average Bonchev–Trinajstić information content (AvgIpc) is 3.44. The van der Waals surface area contributed by atoms with Gasteiger partial charge in [0.05, 0.1) is 10.7 Å². The Hall–Kier alpha value is -2.53. The van der Waals surface area contributed by atoms with Gasteiger partial charge in [-0.1, -0.05) is 27.5 Å². The molecule has 1 aromatic carbocycles. The van der Waals surface area contributed by atoms with Crippen LogP contribution in [0.15, 0.2) is 22.7 Å². The first-order valence-corrected chi connectivity index (χ1v) is 13.6. The molecule has 12 heteroatoms. The fourth-order valence-corrected chi connectivity index (χ4v) is 4.67. The number of anilines is 1. The van der Waals surface area contributed by atoms with Gasteiger partial charge in [-0.2, -0.15) is 0 Å². The van der Waals surface area contributed by atoms with Crippen molar-refractivity contribution in [3.05, 3.63) is 27.7 Å². The second-order valence-electron chi connectivity index (χ2n) is 11.1. The van der Waals surface area contributed by atoms with Crippen LogP contribution in [0.4, 0.5) is 15.3 Å². The van der Waals surface area contributed by atoms with Crippen LogP contribution in [0.25, 0.3) is 0 Å². The van der Waals surface area contributed by atoms with E-state index >= 15 is 0 Å². The molecule has 0 bridgehead atoms. The largest absolute Gasteiger partial charge is 0.480 e. The number of amides is 3. The molecule has 3 rings (SSSR count). The molecule has 3 amide bonds. The number of carbonyl (C=O) groups is 4. The van der Waals surface area contributed by atoms with Gasteiger partial charge >= 0.3 is 18.2 Å². The van der Waals surface area contributed by atoms with E-state index in [4.69, 9.17) is 26.2 Å². The number of ether oxygens (including phenoxy) is 2. The lowest BCUT2D eigenvalue weighted by Crippen LogP contribution is -2.45. The number of nitrogens with one attached hydrogen (secondary N) is 1. The molecule has 2 unspecified atom stereocenters. The fraction of sp³-hybridized carbons (Fsp3) is 0.615. The van der Waals surface area contributed by atoms with Crippen LogP contribution in [-0.2, 0) is 19.1 Å². The van der Waals surface area contributed by atoms with Crippen molar-refractivity contribution < 1.29 is 33.8 Å². The van der Waals surface area contributed by atoms with Crippen LogP contribution in [0.3, 0.4) is 0 Å². The number of carbonyl (C=O) groups excluding carboxylic acids is 3. The molecule has 0 radical (unpaired) electrons. The predicted molar refractivity (Wildman–Crippen MR) is 147 cm³/mol. The third-order valence-corrected chi connectivity index (χ3v) is 6.34. The van der Waals surface area contributed by atoms with Gasteiger partial charge in [-0.25, -0.2) is 14.4 Å². The third kappa shape index (κ3) is 9.65. The van der Waals surface area contributed by atoms with Crippen molar-refractivity contribution in [3.63, 3.8) is 0 Å². The lowest BCUT2D eigenvalue weighted by molar-refractivity contribution is -0.142. The summed E-state index contributed by atoms with van der Waals surface area (Å²) in [6, 6.07) is 3.96. The normalized spacial score (nSPS) is 19.4. The molecule has 2 heterocycles. The Bertz CT molecular complexity index is 1040. The lowest BCUT2D eigenvalue weighted by Gasteiger charge is -2.28. The van der Waals surface area contributed by atoms with Gasteiger partial charge in [0.15, 0.2) is 0 Å². The SMILES string of the molecule is CC(C)(C)OC(=O)N1CCCC1C(=O)Nc1ccc(Br)cc1Cl.CC(C)(C)OC(=O)N1CCCC1C(=O)O. The molecule has 10 nitrogen and oxygen atoms in total. The summed E-state index contributed by atoms with van der Waals surface area (Å²) in [5, 5.41) is 12.1. The summed E-state index contributed by atoms with van der Waals surface area (Å²) in [4.78, 5) is 49.9. The summed E-state index contributed by atoms with van der Waals surface area (Å²) >= 11 is 9.44. The third-order valence-electron chi connectivity index (χ3n) is 5.54. The monoisotopic (exact) mass is 617 g/mol. The Morgan fingerprint density at radius 3 is 1.84 bits per heavy atom. The molecular formula is C26H37BrClN3O7. The Labute approximate surface area is 237 Å². The molecule has 38 heavy (non-hydrogen) atoms. The molecule has 0 aliphatic carbocycles. The molecule has 2 N–H and O–H groups in total. The highest BCUT2D eigenvalue weighted by atomic mass is 79.9. The minimum absolute atomic E-state index is 0.252. The van der Waals surface area contributed by atoms with Crippen LogP contribution in [-0.4, -0.2) is 75.3 Å². The summed E-state index contributed by atoms with van der Waals surface area (Å²) in [6.07, 6.45) is 1.61. The molecule has 212 valence electrons.